The number of aromatic nitrogens is 3. The Labute approximate surface area is 166 Å². The molecule has 6 nitrogen and oxygen atoms in total. The fourth-order valence-electron chi connectivity index (χ4n) is 3.07. The van der Waals surface area contributed by atoms with Crippen molar-refractivity contribution in [2.24, 2.45) is 0 Å². The molecular formula is C21H18ClN3O3. The Bertz CT molecular complexity index is 1200. The van der Waals surface area contributed by atoms with Crippen molar-refractivity contribution in [3.8, 4) is 22.8 Å². The zero-order valence-corrected chi connectivity index (χ0v) is 16.2. The van der Waals surface area contributed by atoms with Crippen molar-refractivity contribution in [2.45, 2.75) is 6.54 Å². The smallest absolute Gasteiger partial charge is 0.276 e. The number of methoxy groups -OCH3 is 2. The van der Waals surface area contributed by atoms with E-state index in [2.05, 4.69) is 5.10 Å². The van der Waals surface area contributed by atoms with Crippen LogP contribution in [0.1, 0.15) is 5.56 Å². The van der Waals surface area contributed by atoms with Crippen LogP contribution < -0.4 is 15.0 Å². The lowest BCUT2D eigenvalue weighted by atomic mass is 10.1. The Morgan fingerprint density at radius 3 is 2.43 bits per heavy atom. The Morgan fingerprint density at radius 1 is 0.964 bits per heavy atom. The molecule has 0 saturated carbocycles. The predicted molar refractivity (Wildman–Crippen MR) is 109 cm³/mol. The SMILES string of the molecule is COc1ccc(-c2cc3c(=O)n(Cc4ccc(Cl)cc4)ccn3n2)cc1OC. The van der Waals surface area contributed by atoms with E-state index < -0.39 is 0 Å². The summed E-state index contributed by atoms with van der Waals surface area (Å²) in [4.78, 5) is 12.9. The quantitative estimate of drug-likeness (QED) is 0.514. The molecule has 0 saturated heterocycles. The predicted octanol–water partition coefficient (Wildman–Crippen LogP) is 3.88. The first kappa shape index (κ1) is 18.1. The summed E-state index contributed by atoms with van der Waals surface area (Å²) in [7, 11) is 3.17. The second-order valence-corrected chi connectivity index (χ2v) is 6.72. The van der Waals surface area contributed by atoms with E-state index in [1.54, 1.807) is 41.8 Å². The van der Waals surface area contributed by atoms with Gasteiger partial charge in [-0.1, -0.05) is 23.7 Å². The van der Waals surface area contributed by atoms with Gasteiger partial charge >= 0.3 is 0 Å². The molecule has 0 fully saturated rings. The summed E-state index contributed by atoms with van der Waals surface area (Å²) < 4.78 is 13.9. The number of hydrogen-bond donors (Lipinski definition) is 0. The number of nitrogens with zero attached hydrogens (tertiary/aromatic N) is 3. The van der Waals surface area contributed by atoms with Crippen LogP contribution in [-0.2, 0) is 6.54 Å². The molecule has 142 valence electrons. The van der Waals surface area contributed by atoms with Gasteiger partial charge in [-0.3, -0.25) is 4.79 Å². The standard InChI is InChI=1S/C21H18ClN3O3/c1-27-19-8-5-15(11-20(19)28-2)17-12-18-21(26)24(9-10-25(18)23-17)13-14-3-6-16(22)7-4-14/h3-12H,13H2,1-2H3. The van der Waals surface area contributed by atoms with Gasteiger partial charge in [-0.25, -0.2) is 4.52 Å². The third-order valence-corrected chi connectivity index (χ3v) is 4.80. The maximum absolute atomic E-state index is 12.9. The largest absolute Gasteiger partial charge is 0.493 e. The Kier molecular flexibility index (Phi) is 4.79. The first-order valence-electron chi connectivity index (χ1n) is 8.64. The van der Waals surface area contributed by atoms with Crippen LogP contribution in [0.25, 0.3) is 16.8 Å². The minimum absolute atomic E-state index is 0.114. The van der Waals surface area contributed by atoms with Gasteiger partial charge in [-0.2, -0.15) is 5.10 Å². The van der Waals surface area contributed by atoms with Gasteiger partial charge in [0.25, 0.3) is 5.56 Å². The van der Waals surface area contributed by atoms with Gasteiger partial charge in [-0.15, -0.1) is 0 Å². The van der Waals surface area contributed by atoms with Crippen molar-refractivity contribution >= 4 is 17.1 Å². The highest BCUT2D eigenvalue weighted by Crippen LogP contribution is 2.31. The number of fused-ring (bicyclic) bond motifs is 1. The molecule has 0 amide bonds. The molecule has 0 aliphatic heterocycles. The maximum Gasteiger partial charge on any atom is 0.276 e. The molecule has 0 bridgehead atoms. The average Bonchev–Trinajstić information content (AvgIpc) is 3.16. The number of benzene rings is 2. The second-order valence-electron chi connectivity index (χ2n) is 6.29. The van der Waals surface area contributed by atoms with E-state index in [9.17, 15) is 4.79 Å². The van der Waals surface area contributed by atoms with Crippen molar-refractivity contribution < 1.29 is 9.47 Å². The molecule has 2 aromatic carbocycles. The molecular weight excluding hydrogens is 378 g/mol. The molecule has 28 heavy (non-hydrogen) atoms. The van der Waals surface area contributed by atoms with Crippen molar-refractivity contribution in [3.05, 3.63) is 81.9 Å². The van der Waals surface area contributed by atoms with Gasteiger partial charge in [0.15, 0.2) is 11.5 Å². The van der Waals surface area contributed by atoms with Crippen LogP contribution in [-0.4, -0.2) is 28.4 Å². The number of hydrogen-bond acceptors (Lipinski definition) is 4. The van der Waals surface area contributed by atoms with Crippen LogP contribution in [0.4, 0.5) is 0 Å². The van der Waals surface area contributed by atoms with Crippen LogP contribution in [0.2, 0.25) is 5.02 Å². The maximum atomic E-state index is 12.9. The Morgan fingerprint density at radius 2 is 1.71 bits per heavy atom. The third kappa shape index (κ3) is 3.34. The molecule has 0 aliphatic rings. The van der Waals surface area contributed by atoms with Crippen LogP contribution >= 0.6 is 11.6 Å². The van der Waals surface area contributed by atoms with E-state index in [1.165, 1.54) is 0 Å². The van der Waals surface area contributed by atoms with Crippen molar-refractivity contribution in [3.63, 3.8) is 0 Å². The molecule has 4 aromatic rings. The normalized spacial score (nSPS) is 11.0. The van der Waals surface area contributed by atoms with Gasteiger partial charge in [0.1, 0.15) is 5.52 Å². The minimum atomic E-state index is -0.114. The number of rotatable bonds is 5. The van der Waals surface area contributed by atoms with Crippen LogP contribution in [0.5, 0.6) is 11.5 Å². The number of halogens is 1. The topological polar surface area (TPSA) is 57.8 Å². The lowest BCUT2D eigenvalue weighted by Crippen LogP contribution is -2.21. The lowest BCUT2D eigenvalue weighted by molar-refractivity contribution is 0.355. The monoisotopic (exact) mass is 395 g/mol. The molecule has 0 N–H and O–H groups in total. The van der Waals surface area contributed by atoms with Crippen molar-refractivity contribution in [1.82, 2.24) is 14.2 Å². The van der Waals surface area contributed by atoms with Gasteiger partial charge in [0.05, 0.1) is 26.5 Å². The number of ether oxygens (including phenoxy) is 2. The molecule has 4 rings (SSSR count). The Balaban J connectivity index is 1.72. The summed E-state index contributed by atoms with van der Waals surface area (Å²) in [6.07, 6.45) is 3.51. The van der Waals surface area contributed by atoms with Crippen LogP contribution in [0.15, 0.2) is 65.7 Å². The van der Waals surface area contributed by atoms with Crippen molar-refractivity contribution in [1.29, 1.82) is 0 Å². The van der Waals surface area contributed by atoms with E-state index >= 15 is 0 Å². The third-order valence-electron chi connectivity index (χ3n) is 4.55. The highest BCUT2D eigenvalue weighted by molar-refractivity contribution is 6.30. The molecule has 0 radical (unpaired) electrons. The fourth-order valence-corrected chi connectivity index (χ4v) is 3.20. The highest BCUT2D eigenvalue weighted by atomic mass is 35.5. The molecule has 0 atom stereocenters. The van der Waals surface area contributed by atoms with E-state index in [-0.39, 0.29) is 5.56 Å². The zero-order chi connectivity index (χ0) is 19.7. The summed E-state index contributed by atoms with van der Waals surface area (Å²) in [5.74, 6) is 1.25. The van der Waals surface area contributed by atoms with Crippen molar-refractivity contribution in [2.75, 3.05) is 14.2 Å². The van der Waals surface area contributed by atoms with Gasteiger partial charge in [0.2, 0.25) is 0 Å². The molecule has 2 heterocycles. The summed E-state index contributed by atoms with van der Waals surface area (Å²) >= 11 is 5.93. The second kappa shape index (κ2) is 7.40. The highest BCUT2D eigenvalue weighted by Gasteiger charge is 2.12. The summed E-state index contributed by atoms with van der Waals surface area (Å²) in [6.45, 7) is 0.462. The first-order chi connectivity index (χ1) is 13.6. The zero-order valence-electron chi connectivity index (χ0n) is 15.4. The lowest BCUT2D eigenvalue weighted by Gasteiger charge is -2.08. The van der Waals surface area contributed by atoms with Gasteiger partial charge < -0.3 is 14.0 Å². The van der Waals surface area contributed by atoms with E-state index in [0.717, 1.165) is 11.1 Å². The Hall–Kier alpha value is -3.25. The van der Waals surface area contributed by atoms with Crippen LogP contribution in [0.3, 0.4) is 0 Å². The van der Waals surface area contributed by atoms with Crippen LogP contribution in [0, 0.1) is 0 Å². The minimum Gasteiger partial charge on any atom is -0.493 e. The fraction of sp³-hybridized carbons (Fsp3) is 0.143. The van der Waals surface area contributed by atoms with Gasteiger partial charge in [0, 0.05) is 23.0 Å². The average molecular weight is 396 g/mol. The molecule has 0 unspecified atom stereocenters. The summed E-state index contributed by atoms with van der Waals surface area (Å²) in [5.41, 5.74) is 2.90. The molecule has 7 heteroatoms. The molecule has 0 aliphatic carbocycles. The summed E-state index contributed by atoms with van der Waals surface area (Å²) in [6, 6.07) is 14.8. The van der Waals surface area contributed by atoms with E-state index in [1.807, 2.05) is 42.5 Å². The van der Waals surface area contributed by atoms with E-state index in [4.69, 9.17) is 21.1 Å². The van der Waals surface area contributed by atoms with E-state index in [0.29, 0.717) is 34.3 Å². The molecule has 0 spiro atoms. The first-order valence-corrected chi connectivity index (χ1v) is 9.02. The summed E-state index contributed by atoms with van der Waals surface area (Å²) in [5, 5.41) is 5.19. The molecule has 2 aromatic heterocycles. The van der Waals surface area contributed by atoms with Gasteiger partial charge in [-0.05, 0) is 42.0 Å².